The molecule has 0 spiro atoms. The molecule has 1 rings (SSSR count). The highest BCUT2D eigenvalue weighted by Gasteiger charge is 2.11. The summed E-state index contributed by atoms with van der Waals surface area (Å²) in [4.78, 5) is 0. The third-order valence-electron chi connectivity index (χ3n) is 1.99. The zero-order valence-corrected chi connectivity index (χ0v) is 9.71. The summed E-state index contributed by atoms with van der Waals surface area (Å²) in [5.41, 5.74) is 0. The molecule has 0 heterocycles. The van der Waals surface area contributed by atoms with Crippen LogP contribution in [0.5, 0.6) is 5.75 Å². The Kier molecular flexibility index (Phi) is 4.85. The largest absolute Gasteiger partial charge is 0.488 e. The molecule has 1 aromatic rings. The first kappa shape index (κ1) is 13.4. The molecule has 0 aromatic heterocycles. The quantitative estimate of drug-likeness (QED) is 0.858. The number of benzene rings is 1. The molecule has 0 fully saturated rings. The molecule has 3 nitrogen and oxygen atoms in total. The Labute approximate surface area is 99.0 Å². The summed E-state index contributed by atoms with van der Waals surface area (Å²) in [6, 6.07) is 4.50. The van der Waals surface area contributed by atoms with Crippen LogP contribution < -0.4 is 10.1 Å². The van der Waals surface area contributed by atoms with Crippen LogP contribution in [0.25, 0.3) is 0 Å². The second-order valence-corrected chi connectivity index (χ2v) is 3.89. The molecular weight excluding hydrogens is 226 g/mol. The first-order valence-corrected chi connectivity index (χ1v) is 5.26. The van der Waals surface area contributed by atoms with Crippen molar-refractivity contribution in [2.45, 2.75) is 25.9 Å². The minimum absolute atomic E-state index is 0.0327. The van der Waals surface area contributed by atoms with Crippen molar-refractivity contribution in [3.8, 4) is 11.8 Å². The van der Waals surface area contributed by atoms with Crippen molar-refractivity contribution in [3.05, 3.63) is 29.8 Å². The fourth-order valence-corrected chi connectivity index (χ4v) is 1.29. The van der Waals surface area contributed by atoms with Crippen LogP contribution in [0.2, 0.25) is 0 Å². The van der Waals surface area contributed by atoms with Crippen molar-refractivity contribution in [1.82, 2.24) is 5.32 Å². The lowest BCUT2D eigenvalue weighted by Crippen LogP contribution is -2.38. The Hall–Kier alpha value is -1.67. The molecule has 1 atom stereocenters. The van der Waals surface area contributed by atoms with Crippen molar-refractivity contribution in [3.63, 3.8) is 0 Å². The number of rotatable bonds is 5. The van der Waals surface area contributed by atoms with Gasteiger partial charge >= 0.3 is 0 Å². The summed E-state index contributed by atoms with van der Waals surface area (Å²) in [5, 5.41) is 11.7. The normalized spacial score (nSPS) is 12.2. The lowest BCUT2D eigenvalue weighted by atomic mass is 10.3. The van der Waals surface area contributed by atoms with Gasteiger partial charge in [-0.1, -0.05) is 0 Å². The number of hydrogen-bond acceptors (Lipinski definition) is 3. The van der Waals surface area contributed by atoms with E-state index in [0.717, 1.165) is 18.2 Å². The lowest BCUT2D eigenvalue weighted by molar-refractivity contribution is 0.269. The van der Waals surface area contributed by atoms with Crippen LogP contribution in [0.15, 0.2) is 18.2 Å². The average Bonchev–Trinajstić information content (AvgIpc) is 2.28. The zero-order valence-electron chi connectivity index (χ0n) is 9.71. The summed E-state index contributed by atoms with van der Waals surface area (Å²) < 4.78 is 31.1. The summed E-state index contributed by atoms with van der Waals surface area (Å²) in [6.45, 7) is 3.73. The molecule has 0 aliphatic heterocycles. The number of nitrogens with zero attached hydrogens (tertiary/aromatic N) is 1. The zero-order chi connectivity index (χ0) is 12.8. The molecule has 17 heavy (non-hydrogen) atoms. The van der Waals surface area contributed by atoms with E-state index in [1.165, 1.54) is 0 Å². The van der Waals surface area contributed by atoms with Crippen LogP contribution in [-0.4, -0.2) is 18.7 Å². The van der Waals surface area contributed by atoms with Gasteiger partial charge in [-0.25, -0.2) is 8.78 Å². The van der Waals surface area contributed by atoms with E-state index in [1.807, 2.05) is 19.9 Å². The molecule has 0 amide bonds. The Morgan fingerprint density at radius 1 is 1.41 bits per heavy atom. The Bertz CT molecular complexity index is 415. The third kappa shape index (κ3) is 4.37. The molecule has 1 N–H and O–H groups in total. The molecule has 0 radical (unpaired) electrons. The smallest absolute Gasteiger partial charge is 0.165 e. The van der Waals surface area contributed by atoms with Gasteiger partial charge in [0.1, 0.15) is 18.5 Å². The van der Waals surface area contributed by atoms with Crippen molar-refractivity contribution >= 4 is 0 Å². The Morgan fingerprint density at radius 3 is 2.71 bits per heavy atom. The molecule has 5 heteroatoms. The van der Waals surface area contributed by atoms with Crippen LogP contribution in [0.4, 0.5) is 8.78 Å². The van der Waals surface area contributed by atoms with E-state index in [9.17, 15) is 8.78 Å². The standard InChI is InChI=1S/C12H14F2N2O/c1-8(2)16-10(6-15)7-17-12-5-9(13)3-4-11(12)14/h3-5,8,10,16H,7H2,1-2H3. The maximum absolute atomic E-state index is 13.2. The van der Waals surface area contributed by atoms with E-state index >= 15 is 0 Å². The second-order valence-electron chi connectivity index (χ2n) is 3.89. The molecule has 0 aliphatic rings. The van der Waals surface area contributed by atoms with Gasteiger partial charge in [-0.15, -0.1) is 0 Å². The van der Waals surface area contributed by atoms with Gasteiger partial charge in [0.25, 0.3) is 0 Å². The van der Waals surface area contributed by atoms with E-state index in [-0.39, 0.29) is 18.4 Å². The number of halogens is 2. The molecule has 1 aromatic carbocycles. The highest BCUT2D eigenvalue weighted by atomic mass is 19.1. The van der Waals surface area contributed by atoms with Gasteiger partial charge in [-0.2, -0.15) is 5.26 Å². The Morgan fingerprint density at radius 2 is 2.12 bits per heavy atom. The maximum Gasteiger partial charge on any atom is 0.165 e. The van der Waals surface area contributed by atoms with Crippen LogP contribution >= 0.6 is 0 Å². The van der Waals surface area contributed by atoms with E-state index in [0.29, 0.717) is 0 Å². The van der Waals surface area contributed by atoms with E-state index in [2.05, 4.69) is 5.32 Å². The summed E-state index contributed by atoms with van der Waals surface area (Å²) in [5.74, 6) is -1.41. The van der Waals surface area contributed by atoms with Gasteiger partial charge in [0.05, 0.1) is 6.07 Å². The SMILES string of the molecule is CC(C)NC(C#N)COc1cc(F)ccc1F. The van der Waals surface area contributed by atoms with Crippen molar-refractivity contribution in [2.24, 2.45) is 0 Å². The molecule has 0 bridgehead atoms. The molecular formula is C12H14F2N2O. The van der Waals surface area contributed by atoms with Crippen LogP contribution in [-0.2, 0) is 0 Å². The van der Waals surface area contributed by atoms with Crippen molar-refractivity contribution in [1.29, 1.82) is 5.26 Å². The van der Waals surface area contributed by atoms with Gasteiger partial charge in [-0.05, 0) is 26.0 Å². The van der Waals surface area contributed by atoms with Crippen LogP contribution in [0, 0.1) is 23.0 Å². The summed E-state index contributed by atoms with van der Waals surface area (Å²) >= 11 is 0. The second kappa shape index (κ2) is 6.16. The minimum atomic E-state index is -0.646. The fourth-order valence-electron chi connectivity index (χ4n) is 1.29. The number of nitrogens with one attached hydrogen (secondary N) is 1. The van der Waals surface area contributed by atoms with Gasteiger partial charge in [-0.3, -0.25) is 5.32 Å². The van der Waals surface area contributed by atoms with Gasteiger partial charge in [0, 0.05) is 12.1 Å². The number of hydrogen-bond donors (Lipinski definition) is 1. The first-order valence-electron chi connectivity index (χ1n) is 5.26. The van der Waals surface area contributed by atoms with Crippen LogP contribution in [0.1, 0.15) is 13.8 Å². The van der Waals surface area contributed by atoms with Gasteiger partial charge in [0.2, 0.25) is 0 Å². The topological polar surface area (TPSA) is 45.0 Å². The van der Waals surface area contributed by atoms with E-state index in [4.69, 9.17) is 10.00 Å². The Balaban J connectivity index is 2.60. The van der Waals surface area contributed by atoms with Crippen molar-refractivity contribution in [2.75, 3.05) is 6.61 Å². The first-order chi connectivity index (χ1) is 8.02. The monoisotopic (exact) mass is 240 g/mol. The van der Waals surface area contributed by atoms with Crippen LogP contribution in [0.3, 0.4) is 0 Å². The molecule has 1 unspecified atom stereocenters. The van der Waals surface area contributed by atoms with E-state index < -0.39 is 17.7 Å². The molecule has 0 saturated carbocycles. The van der Waals surface area contributed by atoms with Gasteiger partial charge in [0.15, 0.2) is 11.6 Å². The average molecular weight is 240 g/mol. The maximum atomic E-state index is 13.2. The summed E-state index contributed by atoms with van der Waals surface area (Å²) in [7, 11) is 0. The molecule has 0 saturated heterocycles. The number of ether oxygens (including phenoxy) is 1. The predicted molar refractivity (Wildman–Crippen MR) is 59.5 cm³/mol. The van der Waals surface area contributed by atoms with Crippen molar-refractivity contribution < 1.29 is 13.5 Å². The minimum Gasteiger partial charge on any atom is -0.488 e. The van der Waals surface area contributed by atoms with E-state index in [1.54, 1.807) is 0 Å². The lowest BCUT2D eigenvalue weighted by Gasteiger charge is -2.15. The molecule has 0 aliphatic carbocycles. The molecule has 92 valence electrons. The third-order valence-corrected chi connectivity index (χ3v) is 1.99. The summed E-state index contributed by atoms with van der Waals surface area (Å²) in [6.07, 6.45) is 0. The van der Waals surface area contributed by atoms with Gasteiger partial charge < -0.3 is 4.74 Å². The number of nitriles is 1. The highest BCUT2D eigenvalue weighted by Crippen LogP contribution is 2.17. The predicted octanol–water partition coefficient (Wildman–Crippen LogP) is 2.23. The highest BCUT2D eigenvalue weighted by molar-refractivity contribution is 5.25. The fraction of sp³-hybridized carbons (Fsp3) is 0.417.